The van der Waals surface area contributed by atoms with Gasteiger partial charge in [-0.25, -0.2) is 9.97 Å². The van der Waals surface area contributed by atoms with Gasteiger partial charge in [0.25, 0.3) is 5.91 Å². The van der Waals surface area contributed by atoms with Crippen LogP contribution in [0.1, 0.15) is 51.9 Å². The van der Waals surface area contributed by atoms with Crippen molar-refractivity contribution in [1.29, 1.82) is 0 Å². The van der Waals surface area contributed by atoms with Crippen molar-refractivity contribution in [3.63, 3.8) is 0 Å². The molecule has 0 bridgehead atoms. The standard InChI is InChI=1S/C25H25F3N6O3/c1-12(36-4)14-8-18-16(22-17(23(29)32-18)9-30-34(22)3)7-15(14)24(35)33(2)20-11-37-10-19-13(20)5-6-21(31-19)25(26,27)28/h5-9,12,20H,10-11H2,1-4H3,(H2,29,32). The normalized spacial score (nSPS) is 16.7. The van der Waals surface area contributed by atoms with E-state index in [1.54, 1.807) is 37.1 Å². The van der Waals surface area contributed by atoms with Gasteiger partial charge in [-0.05, 0) is 30.7 Å². The Kier molecular flexibility index (Phi) is 6.03. The fourth-order valence-electron chi connectivity index (χ4n) is 4.77. The number of carbonyl (C=O) groups is 1. The molecule has 37 heavy (non-hydrogen) atoms. The third-order valence-electron chi connectivity index (χ3n) is 6.86. The van der Waals surface area contributed by atoms with Crippen molar-refractivity contribution >= 4 is 33.5 Å². The number of hydrogen-bond donors (Lipinski definition) is 1. The molecule has 1 amide bonds. The largest absolute Gasteiger partial charge is 0.433 e. The maximum Gasteiger partial charge on any atom is 0.433 e. The molecule has 1 aliphatic rings. The summed E-state index contributed by atoms with van der Waals surface area (Å²) in [5, 5.41) is 5.63. The van der Waals surface area contributed by atoms with Gasteiger partial charge in [0, 0.05) is 37.7 Å². The number of ether oxygens (including phenoxy) is 2. The third-order valence-corrected chi connectivity index (χ3v) is 6.86. The molecule has 0 saturated carbocycles. The summed E-state index contributed by atoms with van der Waals surface area (Å²) in [5.74, 6) is -0.0289. The van der Waals surface area contributed by atoms with E-state index < -0.39 is 24.0 Å². The number of halogens is 3. The topological polar surface area (TPSA) is 108 Å². The van der Waals surface area contributed by atoms with Crippen LogP contribution in [0, 0.1) is 0 Å². The summed E-state index contributed by atoms with van der Waals surface area (Å²) in [6.07, 6.45) is -3.41. The van der Waals surface area contributed by atoms with E-state index in [1.807, 2.05) is 6.92 Å². The van der Waals surface area contributed by atoms with E-state index in [2.05, 4.69) is 15.1 Å². The molecule has 1 aliphatic heterocycles. The molecule has 1 aromatic carbocycles. The lowest BCUT2D eigenvalue weighted by atomic mass is 9.96. The quantitative estimate of drug-likeness (QED) is 0.436. The molecular formula is C25H25F3N6O3. The zero-order valence-electron chi connectivity index (χ0n) is 20.6. The zero-order valence-corrected chi connectivity index (χ0v) is 20.6. The van der Waals surface area contributed by atoms with Crippen LogP contribution in [0.25, 0.3) is 21.8 Å². The van der Waals surface area contributed by atoms with Gasteiger partial charge in [-0.15, -0.1) is 0 Å². The maximum atomic E-state index is 13.9. The van der Waals surface area contributed by atoms with E-state index >= 15 is 0 Å². The van der Waals surface area contributed by atoms with Crippen LogP contribution < -0.4 is 5.73 Å². The van der Waals surface area contributed by atoms with Crippen molar-refractivity contribution in [2.45, 2.75) is 31.9 Å². The summed E-state index contributed by atoms with van der Waals surface area (Å²) >= 11 is 0. The Balaban J connectivity index is 1.62. The summed E-state index contributed by atoms with van der Waals surface area (Å²) in [6, 6.07) is 5.18. The molecule has 3 aromatic heterocycles. The van der Waals surface area contributed by atoms with Crippen molar-refractivity contribution in [2.75, 3.05) is 26.5 Å². The van der Waals surface area contributed by atoms with Gasteiger partial charge in [0.1, 0.15) is 11.5 Å². The highest BCUT2D eigenvalue weighted by Crippen LogP contribution is 2.36. The Morgan fingerprint density at radius 1 is 1.27 bits per heavy atom. The van der Waals surface area contributed by atoms with Crippen LogP contribution >= 0.6 is 0 Å². The van der Waals surface area contributed by atoms with Crippen molar-refractivity contribution in [3.8, 4) is 0 Å². The van der Waals surface area contributed by atoms with Gasteiger partial charge in [-0.3, -0.25) is 9.48 Å². The first kappa shape index (κ1) is 24.9. The van der Waals surface area contributed by atoms with Crippen LogP contribution in [-0.4, -0.2) is 51.3 Å². The van der Waals surface area contributed by atoms with Gasteiger partial charge >= 0.3 is 6.18 Å². The lowest BCUT2D eigenvalue weighted by Crippen LogP contribution is -2.37. The molecule has 0 aliphatic carbocycles. The lowest BCUT2D eigenvalue weighted by molar-refractivity contribution is -0.141. The average Bonchev–Trinajstić information content (AvgIpc) is 3.27. The first-order valence-electron chi connectivity index (χ1n) is 11.5. The molecule has 2 atom stereocenters. The van der Waals surface area contributed by atoms with Crippen LogP contribution in [0.5, 0.6) is 0 Å². The Hall–Kier alpha value is -3.77. The second kappa shape index (κ2) is 8.96. The highest BCUT2D eigenvalue weighted by molar-refractivity contribution is 6.10. The van der Waals surface area contributed by atoms with Gasteiger partial charge in [0.2, 0.25) is 0 Å². The molecule has 0 fully saturated rings. The highest BCUT2D eigenvalue weighted by Gasteiger charge is 2.36. The number of likely N-dealkylation sites (N-methyl/N-ethyl adjacent to an activating group) is 1. The summed E-state index contributed by atoms with van der Waals surface area (Å²) in [7, 11) is 4.91. The number of pyridine rings is 2. The fraction of sp³-hybridized carbons (Fsp3) is 0.360. The molecule has 4 heterocycles. The summed E-state index contributed by atoms with van der Waals surface area (Å²) in [5.41, 5.74) is 8.11. The Labute approximate surface area is 210 Å². The Morgan fingerprint density at radius 2 is 2.03 bits per heavy atom. The number of rotatable bonds is 4. The highest BCUT2D eigenvalue weighted by atomic mass is 19.4. The average molecular weight is 515 g/mol. The van der Waals surface area contributed by atoms with Crippen molar-refractivity contribution in [2.24, 2.45) is 7.05 Å². The van der Waals surface area contributed by atoms with Gasteiger partial charge in [-0.2, -0.15) is 18.3 Å². The third kappa shape index (κ3) is 4.15. The smallest absolute Gasteiger partial charge is 0.383 e. The number of aryl methyl sites for hydroxylation is 1. The van der Waals surface area contributed by atoms with Gasteiger partial charge in [-0.1, -0.05) is 6.07 Å². The second-order valence-electron chi connectivity index (χ2n) is 9.04. The van der Waals surface area contributed by atoms with Crippen LogP contribution in [0.2, 0.25) is 0 Å². The molecule has 9 nitrogen and oxygen atoms in total. The first-order valence-corrected chi connectivity index (χ1v) is 11.5. The minimum absolute atomic E-state index is 0.0642. The number of nitrogen functional groups attached to an aromatic ring is 1. The van der Waals surface area contributed by atoms with Crippen LogP contribution in [0.3, 0.4) is 0 Å². The van der Waals surface area contributed by atoms with Crippen LogP contribution in [0.4, 0.5) is 19.0 Å². The van der Waals surface area contributed by atoms with E-state index in [4.69, 9.17) is 15.2 Å². The number of anilines is 1. The monoisotopic (exact) mass is 514 g/mol. The number of aromatic nitrogens is 4. The molecule has 194 valence electrons. The number of nitrogens with zero attached hydrogens (tertiary/aromatic N) is 5. The van der Waals surface area contributed by atoms with E-state index in [0.29, 0.717) is 38.8 Å². The lowest BCUT2D eigenvalue weighted by Gasteiger charge is -2.33. The zero-order chi connectivity index (χ0) is 26.6. The molecule has 4 aromatic rings. The molecule has 2 N–H and O–H groups in total. The fourth-order valence-corrected chi connectivity index (χ4v) is 4.77. The van der Waals surface area contributed by atoms with E-state index in [0.717, 1.165) is 11.6 Å². The first-order chi connectivity index (χ1) is 17.5. The number of benzene rings is 1. The molecule has 0 radical (unpaired) electrons. The maximum absolute atomic E-state index is 13.9. The van der Waals surface area contributed by atoms with E-state index in [-0.39, 0.29) is 24.8 Å². The minimum atomic E-state index is -4.57. The molecule has 5 rings (SSSR count). The van der Waals surface area contributed by atoms with E-state index in [1.165, 1.54) is 18.1 Å². The summed E-state index contributed by atoms with van der Waals surface area (Å²) in [4.78, 5) is 23.7. The molecule has 12 heteroatoms. The minimum Gasteiger partial charge on any atom is -0.383 e. The molecule has 0 spiro atoms. The van der Waals surface area contributed by atoms with Crippen LogP contribution in [0.15, 0.2) is 30.5 Å². The predicted molar refractivity (Wildman–Crippen MR) is 130 cm³/mol. The number of carbonyl (C=O) groups excluding carboxylic acids is 1. The van der Waals surface area contributed by atoms with E-state index in [9.17, 15) is 18.0 Å². The number of amides is 1. The predicted octanol–water partition coefficient (Wildman–Crippen LogP) is 4.17. The Morgan fingerprint density at radius 3 is 2.73 bits per heavy atom. The number of alkyl halides is 3. The van der Waals surface area contributed by atoms with Crippen LogP contribution in [-0.2, 0) is 29.3 Å². The van der Waals surface area contributed by atoms with Crippen molar-refractivity contribution in [1.82, 2.24) is 24.6 Å². The van der Waals surface area contributed by atoms with Gasteiger partial charge in [0.05, 0.1) is 53.7 Å². The second-order valence-corrected chi connectivity index (χ2v) is 9.04. The van der Waals surface area contributed by atoms with Crippen molar-refractivity contribution in [3.05, 3.63) is 58.5 Å². The molecule has 2 unspecified atom stereocenters. The van der Waals surface area contributed by atoms with Gasteiger partial charge in [0.15, 0.2) is 0 Å². The number of fused-ring (bicyclic) bond motifs is 4. The number of nitrogens with two attached hydrogens (primary N) is 1. The number of hydrogen-bond acceptors (Lipinski definition) is 7. The SMILES string of the molecule is COC(C)c1cc2nc(N)c3cnn(C)c3c2cc1C(=O)N(C)C1COCc2nc(C(F)(F)F)ccc21. The summed E-state index contributed by atoms with van der Waals surface area (Å²) < 4.78 is 52.3. The molecule has 0 saturated heterocycles. The molecular weight excluding hydrogens is 489 g/mol. The number of methoxy groups -OCH3 is 1. The van der Waals surface area contributed by atoms with Crippen molar-refractivity contribution < 1.29 is 27.4 Å². The van der Waals surface area contributed by atoms with Gasteiger partial charge < -0.3 is 20.1 Å². The summed E-state index contributed by atoms with van der Waals surface area (Å²) in [6.45, 7) is 1.87. The Bertz CT molecular complexity index is 1530.